The first-order valence-electron chi connectivity index (χ1n) is 6.66. The number of aromatic nitrogens is 2. The van der Waals surface area contributed by atoms with Crippen molar-refractivity contribution in [2.24, 2.45) is 0 Å². The number of thiazole rings is 1. The zero-order chi connectivity index (χ0) is 15.0. The summed E-state index contributed by atoms with van der Waals surface area (Å²) in [5.74, 6) is -0.683. The summed E-state index contributed by atoms with van der Waals surface area (Å²) < 4.78 is 1.45. The van der Waals surface area contributed by atoms with Gasteiger partial charge in [0.05, 0.1) is 6.42 Å². The second kappa shape index (κ2) is 5.32. The molecule has 1 atom stereocenters. The second-order valence-corrected chi connectivity index (χ2v) is 5.89. The number of rotatable bonds is 4. The molecule has 0 aromatic carbocycles. The minimum atomic E-state index is -0.893. The topological polar surface area (TPSA) is 101 Å². The van der Waals surface area contributed by atoms with Gasteiger partial charge in [0, 0.05) is 18.0 Å². The molecule has 0 amide bonds. The SMILES string of the molecule is O=C(O)CC1CCCCN1c1nc2sccn2c1[N+](=O)[O-]. The number of carboxylic acids is 1. The lowest BCUT2D eigenvalue weighted by Gasteiger charge is -2.34. The van der Waals surface area contributed by atoms with E-state index in [0.717, 1.165) is 12.8 Å². The first kappa shape index (κ1) is 13.8. The van der Waals surface area contributed by atoms with E-state index in [4.69, 9.17) is 5.11 Å². The van der Waals surface area contributed by atoms with Crippen LogP contribution >= 0.6 is 11.3 Å². The van der Waals surface area contributed by atoms with Gasteiger partial charge in [-0.05, 0) is 24.2 Å². The van der Waals surface area contributed by atoms with Crippen molar-refractivity contribution in [2.45, 2.75) is 31.7 Å². The predicted molar refractivity (Wildman–Crippen MR) is 77.0 cm³/mol. The number of nitrogens with zero attached hydrogens (tertiary/aromatic N) is 4. The first-order valence-corrected chi connectivity index (χ1v) is 7.54. The van der Waals surface area contributed by atoms with Crippen molar-refractivity contribution >= 4 is 33.9 Å². The molecule has 8 nitrogen and oxygen atoms in total. The average Bonchev–Trinajstić information content (AvgIpc) is 2.97. The Morgan fingerprint density at radius 2 is 2.38 bits per heavy atom. The van der Waals surface area contributed by atoms with Crippen LogP contribution in [0.5, 0.6) is 0 Å². The molecule has 112 valence electrons. The predicted octanol–water partition coefficient (Wildman–Crippen LogP) is 2.14. The first-order chi connectivity index (χ1) is 10.1. The Bertz CT molecular complexity index is 695. The molecule has 1 unspecified atom stereocenters. The number of fused-ring (bicyclic) bond motifs is 1. The standard InChI is InChI=1S/C12H14N4O4S/c17-9(18)7-8-3-1-2-4-14(8)10-11(16(19)20)15-5-6-21-12(15)13-10/h5-6,8H,1-4,7H2,(H,17,18). The third-order valence-electron chi connectivity index (χ3n) is 3.70. The minimum absolute atomic E-state index is 0.0255. The molecule has 0 aliphatic carbocycles. The Labute approximate surface area is 123 Å². The third kappa shape index (κ3) is 2.44. The highest BCUT2D eigenvalue weighted by atomic mass is 32.1. The third-order valence-corrected chi connectivity index (χ3v) is 4.46. The molecule has 3 heterocycles. The molecular formula is C12H14N4O4S. The lowest BCUT2D eigenvalue weighted by molar-refractivity contribution is -0.389. The van der Waals surface area contributed by atoms with E-state index in [0.29, 0.717) is 17.9 Å². The maximum Gasteiger partial charge on any atom is 0.373 e. The van der Waals surface area contributed by atoms with Crippen molar-refractivity contribution in [3.63, 3.8) is 0 Å². The van der Waals surface area contributed by atoms with E-state index in [1.54, 1.807) is 16.5 Å². The van der Waals surface area contributed by atoms with Crippen LogP contribution in [0.15, 0.2) is 11.6 Å². The lowest BCUT2D eigenvalue weighted by atomic mass is 9.99. The molecule has 21 heavy (non-hydrogen) atoms. The highest BCUT2D eigenvalue weighted by Crippen LogP contribution is 2.35. The summed E-state index contributed by atoms with van der Waals surface area (Å²) in [6, 6.07) is -0.237. The fourth-order valence-electron chi connectivity index (χ4n) is 2.82. The molecule has 1 saturated heterocycles. The van der Waals surface area contributed by atoms with Crippen LogP contribution in [0.4, 0.5) is 11.6 Å². The van der Waals surface area contributed by atoms with Gasteiger partial charge in [-0.25, -0.2) is 0 Å². The van der Waals surface area contributed by atoms with E-state index in [1.165, 1.54) is 15.7 Å². The van der Waals surface area contributed by atoms with E-state index in [2.05, 4.69) is 4.98 Å². The van der Waals surface area contributed by atoms with Crippen LogP contribution in [0.2, 0.25) is 0 Å². The maximum absolute atomic E-state index is 11.4. The largest absolute Gasteiger partial charge is 0.481 e. The molecule has 3 rings (SSSR count). The number of carboxylic acid groups (broad SMARTS) is 1. The number of imidazole rings is 1. The highest BCUT2D eigenvalue weighted by molar-refractivity contribution is 7.15. The van der Waals surface area contributed by atoms with Gasteiger partial charge in [-0.1, -0.05) is 11.3 Å². The maximum atomic E-state index is 11.4. The molecule has 9 heteroatoms. The van der Waals surface area contributed by atoms with Gasteiger partial charge in [-0.2, -0.15) is 9.38 Å². The monoisotopic (exact) mass is 310 g/mol. The zero-order valence-corrected chi connectivity index (χ0v) is 12.0. The van der Waals surface area contributed by atoms with Crippen LogP contribution < -0.4 is 4.90 Å². The Balaban J connectivity index is 2.04. The van der Waals surface area contributed by atoms with Crippen molar-refractivity contribution in [3.8, 4) is 0 Å². The molecule has 2 aromatic rings. The molecule has 0 saturated carbocycles. The summed E-state index contributed by atoms with van der Waals surface area (Å²) >= 11 is 1.32. The Morgan fingerprint density at radius 1 is 1.57 bits per heavy atom. The van der Waals surface area contributed by atoms with Gasteiger partial charge in [0.25, 0.3) is 4.96 Å². The molecular weight excluding hydrogens is 296 g/mol. The highest BCUT2D eigenvalue weighted by Gasteiger charge is 2.34. The molecule has 1 aliphatic rings. The van der Waals surface area contributed by atoms with E-state index in [9.17, 15) is 14.9 Å². The summed E-state index contributed by atoms with van der Waals surface area (Å²) in [5.41, 5.74) is 0. The van der Waals surface area contributed by atoms with Gasteiger partial charge < -0.3 is 20.1 Å². The smallest absolute Gasteiger partial charge is 0.373 e. The lowest BCUT2D eigenvalue weighted by Crippen LogP contribution is -2.41. The van der Waals surface area contributed by atoms with Crippen LogP contribution in [0.25, 0.3) is 4.96 Å². The Morgan fingerprint density at radius 3 is 3.10 bits per heavy atom. The van der Waals surface area contributed by atoms with Gasteiger partial charge >= 0.3 is 11.8 Å². The van der Waals surface area contributed by atoms with Crippen molar-refractivity contribution in [1.29, 1.82) is 0 Å². The van der Waals surface area contributed by atoms with Crippen LogP contribution in [-0.2, 0) is 4.79 Å². The molecule has 0 radical (unpaired) electrons. The van der Waals surface area contributed by atoms with Crippen LogP contribution in [0, 0.1) is 10.1 Å². The van der Waals surface area contributed by atoms with E-state index in [1.807, 2.05) is 0 Å². The van der Waals surface area contributed by atoms with Crippen LogP contribution in [0.3, 0.4) is 0 Å². The molecule has 1 N–H and O–H groups in total. The number of piperidine rings is 1. The number of hydrogen-bond donors (Lipinski definition) is 1. The normalized spacial score (nSPS) is 19.0. The molecule has 2 aromatic heterocycles. The fourth-order valence-corrected chi connectivity index (χ4v) is 3.52. The quantitative estimate of drug-likeness (QED) is 0.686. The number of hydrogen-bond acceptors (Lipinski definition) is 6. The van der Waals surface area contributed by atoms with Gasteiger partial charge in [0.15, 0.2) is 0 Å². The van der Waals surface area contributed by atoms with E-state index >= 15 is 0 Å². The van der Waals surface area contributed by atoms with Crippen LogP contribution in [-0.4, -0.2) is 38.0 Å². The fraction of sp³-hybridized carbons (Fsp3) is 0.500. The molecule has 0 bridgehead atoms. The van der Waals surface area contributed by atoms with Gasteiger partial charge in [0.2, 0.25) is 5.82 Å². The van der Waals surface area contributed by atoms with Crippen LogP contribution in [0.1, 0.15) is 25.7 Å². The second-order valence-electron chi connectivity index (χ2n) is 5.01. The number of anilines is 1. The summed E-state index contributed by atoms with van der Waals surface area (Å²) in [6.07, 6.45) is 4.13. The van der Waals surface area contributed by atoms with Gasteiger partial charge in [-0.15, -0.1) is 0 Å². The zero-order valence-electron chi connectivity index (χ0n) is 11.1. The van der Waals surface area contributed by atoms with Crippen molar-refractivity contribution in [2.75, 3.05) is 11.4 Å². The minimum Gasteiger partial charge on any atom is -0.481 e. The number of carbonyl (C=O) groups is 1. The number of nitro groups is 1. The van der Waals surface area contributed by atoms with Gasteiger partial charge in [0.1, 0.15) is 6.20 Å². The summed E-state index contributed by atoms with van der Waals surface area (Å²) in [6.45, 7) is 0.601. The van der Waals surface area contributed by atoms with E-state index in [-0.39, 0.29) is 24.1 Å². The van der Waals surface area contributed by atoms with Crippen molar-refractivity contribution in [1.82, 2.24) is 9.38 Å². The Kier molecular flexibility index (Phi) is 3.50. The summed E-state index contributed by atoms with van der Waals surface area (Å²) in [7, 11) is 0. The van der Waals surface area contributed by atoms with Gasteiger partial charge in [-0.3, -0.25) is 4.79 Å². The average molecular weight is 310 g/mol. The Hall–Kier alpha value is -2.16. The van der Waals surface area contributed by atoms with Crippen molar-refractivity contribution in [3.05, 3.63) is 21.7 Å². The molecule has 0 spiro atoms. The molecule has 1 fully saturated rings. The van der Waals surface area contributed by atoms with E-state index < -0.39 is 10.9 Å². The summed E-state index contributed by atoms with van der Waals surface area (Å²) in [5, 5.41) is 22.1. The summed E-state index contributed by atoms with van der Waals surface area (Å²) in [4.78, 5) is 28.6. The number of aliphatic carboxylic acids is 1. The van der Waals surface area contributed by atoms with Crippen molar-refractivity contribution < 1.29 is 14.8 Å². The molecule has 1 aliphatic heterocycles.